The molecule has 0 saturated heterocycles. The summed E-state index contributed by atoms with van der Waals surface area (Å²) >= 11 is 0. The summed E-state index contributed by atoms with van der Waals surface area (Å²) in [6, 6.07) is 11.5. The van der Waals surface area contributed by atoms with Crippen molar-refractivity contribution in [2.45, 2.75) is 6.42 Å². The fraction of sp³-hybridized carbons (Fsp3) is 0.158. The lowest BCUT2D eigenvalue weighted by Crippen LogP contribution is -1.93. The van der Waals surface area contributed by atoms with Gasteiger partial charge in [-0.15, -0.1) is 0 Å². The van der Waals surface area contributed by atoms with Crippen LogP contribution in [-0.4, -0.2) is 23.7 Å². The summed E-state index contributed by atoms with van der Waals surface area (Å²) in [5.41, 5.74) is 1.99. The highest BCUT2D eigenvalue weighted by atomic mass is 16.7. The number of fused-ring (bicyclic) bond motifs is 2. The van der Waals surface area contributed by atoms with Crippen molar-refractivity contribution >= 4 is 12.2 Å². The van der Waals surface area contributed by atoms with Crippen LogP contribution in [0.4, 0.5) is 0 Å². The molecule has 26 heavy (non-hydrogen) atoms. The molecule has 7 heteroatoms. The molecule has 5 rings (SSSR count). The van der Waals surface area contributed by atoms with Crippen molar-refractivity contribution in [3.8, 4) is 23.0 Å². The third-order valence-corrected chi connectivity index (χ3v) is 4.10. The van der Waals surface area contributed by atoms with Crippen LogP contribution in [0.15, 0.2) is 40.9 Å². The first kappa shape index (κ1) is 14.8. The second-order valence-corrected chi connectivity index (χ2v) is 5.86. The fourth-order valence-corrected chi connectivity index (χ4v) is 2.82. The Morgan fingerprint density at radius 3 is 2.38 bits per heavy atom. The maximum atomic E-state index is 5.38. The van der Waals surface area contributed by atoms with Gasteiger partial charge < -0.3 is 23.5 Å². The molecule has 2 aliphatic heterocycles. The Balaban J connectivity index is 1.29. The molecule has 0 atom stereocenters. The molecule has 7 nitrogen and oxygen atoms in total. The summed E-state index contributed by atoms with van der Waals surface area (Å²) in [7, 11) is 0. The molecule has 2 aromatic carbocycles. The van der Waals surface area contributed by atoms with Crippen LogP contribution in [0.25, 0.3) is 12.2 Å². The number of rotatable bonds is 4. The molecule has 1 aromatic heterocycles. The first-order valence-electron chi connectivity index (χ1n) is 8.12. The molecule has 130 valence electrons. The molecule has 0 radical (unpaired) electrons. The Kier molecular flexibility index (Phi) is 3.48. The molecule has 0 fully saturated rings. The van der Waals surface area contributed by atoms with Crippen molar-refractivity contribution in [2.24, 2.45) is 0 Å². The van der Waals surface area contributed by atoms with Gasteiger partial charge in [0.05, 0.1) is 0 Å². The zero-order chi connectivity index (χ0) is 17.3. The van der Waals surface area contributed by atoms with Gasteiger partial charge in [0.25, 0.3) is 5.89 Å². The highest BCUT2D eigenvalue weighted by Gasteiger charge is 2.15. The summed E-state index contributed by atoms with van der Waals surface area (Å²) in [6.45, 7) is 0.519. The Labute approximate surface area is 148 Å². The zero-order valence-corrected chi connectivity index (χ0v) is 13.7. The summed E-state index contributed by atoms with van der Waals surface area (Å²) in [6.07, 6.45) is 4.21. The lowest BCUT2D eigenvalue weighted by molar-refractivity contribution is 0.173. The van der Waals surface area contributed by atoms with Crippen molar-refractivity contribution in [3.63, 3.8) is 0 Å². The van der Waals surface area contributed by atoms with Gasteiger partial charge in [0.2, 0.25) is 13.6 Å². The Morgan fingerprint density at radius 1 is 0.808 bits per heavy atom. The van der Waals surface area contributed by atoms with E-state index in [1.54, 1.807) is 6.08 Å². The van der Waals surface area contributed by atoms with Gasteiger partial charge in [-0.1, -0.05) is 17.3 Å². The second kappa shape index (κ2) is 6.11. The SMILES string of the molecule is C(=C\c1nc(Cc2ccc3c(c2)OCO3)no1)/c1ccc2c(c1)OCO2. The topological polar surface area (TPSA) is 75.8 Å². The van der Waals surface area contributed by atoms with Gasteiger partial charge in [0, 0.05) is 12.5 Å². The van der Waals surface area contributed by atoms with Gasteiger partial charge in [-0.25, -0.2) is 0 Å². The van der Waals surface area contributed by atoms with E-state index in [-0.39, 0.29) is 13.6 Å². The number of hydrogen-bond acceptors (Lipinski definition) is 7. The number of nitrogens with zero attached hydrogens (tertiary/aromatic N) is 2. The number of hydrogen-bond donors (Lipinski definition) is 0. The number of benzene rings is 2. The lowest BCUT2D eigenvalue weighted by Gasteiger charge is -1.99. The molecule has 0 amide bonds. The molecular weight excluding hydrogens is 336 g/mol. The summed E-state index contributed by atoms with van der Waals surface area (Å²) in [5, 5.41) is 4.02. The standard InChI is InChI=1S/C19H14N2O5/c1-4-14-16(24-10-22-14)7-12(1)3-6-19-20-18(21-26-19)9-13-2-5-15-17(8-13)25-11-23-15/h1-8H,9-11H2/b6-3+. The van der Waals surface area contributed by atoms with Gasteiger partial charge >= 0.3 is 0 Å². The van der Waals surface area contributed by atoms with Crippen molar-refractivity contribution in [1.82, 2.24) is 10.1 Å². The van der Waals surface area contributed by atoms with E-state index in [1.165, 1.54) is 0 Å². The quantitative estimate of drug-likeness (QED) is 0.714. The third-order valence-electron chi connectivity index (χ3n) is 4.10. The van der Waals surface area contributed by atoms with Crippen molar-refractivity contribution in [3.05, 3.63) is 59.2 Å². The molecule has 0 spiro atoms. The minimum Gasteiger partial charge on any atom is -0.454 e. The smallest absolute Gasteiger partial charge is 0.250 e. The Morgan fingerprint density at radius 2 is 1.54 bits per heavy atom. The minimum atomic E-state index is 0.259. The molecule has 3 aromatic rings. The van der Waals surface area contributed by atoms with Crippen LogP contribution >= 0.6 is 0 Å². The maximum absolute atomic E-state index is 5.38. The van der Waals surface area contributed by atoms with Gasteiger partial charge in [-0.3, -0.25) is 0 Å². The second-order valence-electron chi connectivity index (χ2n) is 5.86. The van der Waals surface area contributed by atoms with Crippen LogP contribution in [-0.2, 0) is 6.42 Å². The van der Waals surface area contributed by atoms with Crippen LogP contribution < -0.4 is 18.9 Å². The zero-order valence-electron chi connectivity index (χ0n) is 13.7. The normalized spacial score (nSPS) is 14.3. The van der Waals surface area contributed by atoms with Crippen LogP contribution in [0.2, 0.25) is 0 Å². The van der Waals surface area contributed by atoms with Crippen LogP contribution in [0.3, 0.4) is 0 Å². The average molecular weight is 350 g/mol. The van der Waals surface area contributed by atoms with Crippen molar-refractivity contribution in [2.75, 3.05) is 13.6 Å². The minimum absolute atomic E-state index is 0.259. The molecular formula is C19H14N2O5. The molecule has 0 N–H and O–H groups in total. The fourth-order valence-electron chi connectivity index (χ4n) is 2.82. The van der Waals surface area contributed by atoms with E-state index in [0.29, 0.717) is 18.1 Å². The average Bonchev–Trinajstić information content (AvgIpc) is 3.39. The van der Waals surface area contributed by atoms with E-state index in [4.69, 9.17) is 23.5 Å². The van der Waals surface area contributed by atoms with Crippen molar-refractivity contribution < 1.29 is 23.5 Å². The first-order chi connectivity index (χ1) is 12.8. The predicted octanol–water partition coefficient (Wildman–Crippen LogP) is 3.29. The molecule has 3 heterocycles. The summed E-state index contributed by atoms with van der Waals surface area (Å²) < 4.78 is 26.6. The van der Waals surface area contributed by atoms with E-state index >= 15 is 0 Å². The molecule has 0 bridgehead atoms. The van der Waals surface area contributed by atoms with E-state index in [2.05, 4.69) is 10.1 Å². The van der Waals surface area contributed by atoms with Gasteiger partial charge in [-0.05, 0) is 41.5 Å². The monoisotopic (exact) mass is 350 g/mol. The molecule has 0 aliphatic carbocycles. The summed E-state index contributed by atoms with van der Waals surface area (Å²) in [4.78, 5) is 4.39. The van der Waals surface area contributed by atoms with E-state index in [0.717, 1.165) is 34.1 Å². The lowest BCUT2D eigenvalue weighted by atomic mass is 10.1. The van der Waals surface area contributed by atoms with Crippen LogP contribution in [0.1, 0.15) is 22.8 Å². The molecule has 0 unspecified atom stereocenters. The predicted molar refractivity (Wildman–Crippen MR) is 91.2 cm³/mol. The van der Waals surface area contributed by atoms with E-state index in [9.17, 15) is 0 Å². The van der Waals surface area contributed by atoms with Crippen molar-refractivity contribution in [1.29, 1.82) is 0 Å². The van der Waals surface area contributed by atoms with Gasteiger partial charge in [0.15, 0.2) is 28.8 Å². The van der Waals surface area contributed by atoms with Crippen LogP contribution in [0.5, 0.6) is 23.0 Å². The Hall–Kier alpha value is -3.48. The first-order valence-corrected chi connectivity index (χ1v) is 8.12. The van der Waals surface area contributed by atoms with Gasteiger partial charge in [-0.2, -0.15) is 4.98 Å². The highest BCUT2D eigenvalue weighted by molar-refractivity contribution is 5.68. The third kappa shape index (κ3) is 2.83. The maximum Gasteiger partial charge on any atom is 0.250 e. The largest absolute Gasteiger partial charge is 0.454 e. The molecule has 0 saturated carbocycles. The number of ether oxygens (including phenoxy) is 4. The number of aromatic nitrogens is 2. The molecule has 2 aliphatic rings. The van der Waals surface area contributed by atoms with E-state index < -0.39 is 0 Å². The Bertz CT molecular complexity index is 995. The van der Waals surface area contributed by atoms with E-state index in [1.807, 2.05) is 42.5 Å². The van der Waals surface area contributed by atoms with Crippen LogP contribution in [0, 0.1) is 0 Å². The van der Waals surface area contributed by atoms with Gasteiger partial charge in [0.1, 0.15) is 0 Å². The highest BCUT2D eigenvalue weighted by Crippen LogP contribution is 2.34. The summed E-state index contributed by atoms with van der Waals surface area (Å²) in [5.74, 6) is 4.04.